The molecule has 42 heavy (non-hydrogen) atoms. The molecule has 3 aromatic rings. The Hall–Kier alpha value is -3.93. The predicted molar refractivity (Wildman–Crippen MR) is 140 cm³/mol. The molecule has 0 spiro atoms. The zero-order valence-electron chi connectivity index (χ0n) is 21.8. The third-order valence-corrected chi connectivity index (χ3v) is 8.08. The van der Waals surface area contributed by atoms with Crippen LogP contribution in [-0.4, -0.2) is 37.9 Å². The molecule has 0 saturated carbocycles. The van der Waals surface area contributed by atoms with Crippen molar-refractivity contribution in [2.75, 3.05) is 30.1 Å². The van der Waals surface area contributed by atoms with Crippen molar-refractivity contribution in [1.29, 1.82) is 0 Å². The number of nitrogens with one attached hydrogen (secondary N) is 2. The quantitative estimate of drug-likeness (QED) is 0.243. The van der Waals surface area contributed by atoms with Crippen molar-refractivity contribution in [2.45, 2.75) is 24.8 Å². The summed E-state index contributed by atoms with van der Waals surface area (Å²) in [6, 6.07) is 6.38. The average molecular weight is 619 g/mol. The molecular weight excluding hydrogens is 597 g/mol. The zero-order valence-corrected chi connectivity index (χ0v) is 22.7. The molecule has 1 atom stereocenters. The van der Waals surface area contributed by atoms with E-state index in [0.29, 0.717) is 17.0 Å². The summed E-state index contributed by atoms with van der Waals surface area (Å²) in [6.07, 6.45) is -10.2. The molecule has 0 aliphatic carbocycles. The van der Waals surface area contributed by atoms with E-state index in [4.69, 9.17) is 0 Å². The van der Waals surface area contributed by atoms with Crippen molar-refractivity contribution in [3.63, 3.8) is 0 Å². The number of nitrogens with zero attached hydrogens (tertiary/aromatic N) is 1. The number of alkyl halides is 6. The van der Waals surface area contributed by atoms with Crippen LogP contribution in [0.3, 0.4) is 0 Å². The highest BCUT2D eigenvalue weighted by molar-refractivity contribution is 7.70. The van der Waals surface area contributed by atoms with E-state index in [0.717, 1.165) is 12.1 Å². The molecule has 2 N–H and O–H groups in total. The number of rotatable bonds is 5. The minimum atomic E-state index is -5.21. The van der Waals surface area contributed by atoms with Crippen LogP contribution in [0.5, 0.6) is 0 Å². The summed E-state index contributed by atoms with van der Waals surface area (Å²) in [5.41, 5.74) is -4.93. The van der Waals surface area contributed by atoms with Gasteiger partial charge in [0.25, 0.3) is 0 Å². The summed E-state index contributed by atoms with van der Waals surface area (Å²) in [6.45, 7) is 2.44. The van der Waals surface area contributed by atoms with Crippen LogP contribution in [0.2, 0.25) is 0 Å². The smallest absolute Gasteiger partial charge is 0.326 e. The summed E-state index contributed by atoms with van der Waals surface area (Å²) in [4.78, 5) is 26.0. The van der Waals surface area contributed by atoms with Crippen LogP contribution in [0.4, 0.5) is 51.3 Å². The molecule has 0 unspecified atom stereocenters. The number of hydrogen-bond acceptors (Lipinski definition) is 3. The Kier molecular flexibility index (Phi) is 8.16. The van der Waals surface area contributed by atoms with Gasteiger partial charge in [0.2, 0.25) is 5.91 Å². The van der Waals surface area contributed by atoms with Gasteiger partial charge in [-0.3, -0.25) is 4.79 Å². The molecule has 0 radical (unpaired) electrons. The van der Waals surface area contributed by atoms with Crippen molar-refractivity contribution in [2.24, 2.45) is 0 Å². The maximum absolute atomic E-state index is 15.6. The van der Waals surface area contributed by atoms with Gasteiger partial charge in [0.15, 0.2) is 5.82 Å². The minimum absolute atomic E-state index is 0.0805. The Morgan fingerprint density at radius 1 is 0.929 bits per heavy atom. The van der Waals surface area contributed by atoms with Gasteiger partial charge in [-0.15, -0.1) is 0 Å². The summed E-state index contributed by atoms with van der Waals surface area (Å²) in [5, 5.41) is 4.24. The van der Waals surface area contributed by atoms with Crippen molar-refractivity contribution in [3.05, 3.63) is 77.4 Å². The number of carbonyl (C=O) groups excluding carboxylic acids is 2. The second kappa shape index (κ2) is 11.0. The Balaban J connectivity index is 1.59. The fourth-order valence-electron chi connectivity index (χ4n) is 4.61. The first-order chi connectivity index (χ1) is 19.4. The summed E-state index contributed by atoms with van der Waals surface area (Å²) in [7, 11) is -3.09. The number of urea groups is 1. The van der Waals surface area contributed by atoms with Gasteiger partial charge < -0.3 is 20.1 Å². The van der Waals surface area contributed by atoms with Crippen LogP contribution >= 0.6 is 7.14 Å². The van der Waals surface area contributed by atoms with E-state index >= 15 is 4.39 Å². The SMILES string of the molecule is CP(C)(=O)c1ccccc1-c1ccc(N2CC[C@@H](NC(=O)Nc3ccc(C(F)(F)F)cc3F)C2=O)c(F)c1C(F)(F)F. The van der Waals surface area contributed by atoms with Crippen LogP contribution in [0.1, 0.15) is 17.5 Å². The van der Waals surface area contributed by atoms with Gasteiger partial charge in [-0.2, -0.15) is 26.3 Å². The molecular formula is C27H22F8N3O3P. The van der Waals surface area contributed by atoms with Crippen LogP contribution in [0.15, 0.2) is 54.6 Å². The maximum Gasteiger partial charge on any atom is 0.419 e. The van der Waals surface area contributed by atoms with E-state index in [1.807, 2.05) is 5.32 Å². The molecule has 224 valence electrons. The monoisotopic (exact) mass is 619 g/mol. The van der Waals surface area contributed by atoms with E-state index in [1.165, 1.54) is 37.6 Å². The summed E-state index contributed by atoms with van der Waals surface area (Å²) >= 11 is 0. The molecule has 1 aliphatic heterocycles. The second-order valence-electron chi connectivity index (χ2n) is 9.81. The number of benzene rings is 3. The van der Waals surface area contributed by atoms with Gasteiger partial charge in [0, 0.05) is 11.8 Å². The van der Waals surface area contributed by atoms with Gasteiger partial charge in [-0.25, -0.2) is 13.6 Å². The van der Waals surface area contributed by atoms with E-state index in [-0.39, 0.29) is 29.9 Å². The molecule has 15 heteroatoms. The second-order valence-corrected chi connectivity index (χ2v) is 13.0. The van der Waals surface area contributed by atoms with Gasteiger partial charge in [0.05, 0.1) is 16.9 Å². The number of amides is 3. The molecule has 3 amide bonds. The predicted octanol–water partition coefficient (Wildman–Crippen LogP) is 6.84. The Morgan fingerprint density at radius 3 is 2.19 bits per heavy atom. The largest absolute Gasteiger partial charge is 0.419 e. The van der Waals surface area contributed by atoms with E-state index in [2.05, 4.69) is 5.32 Å². The van der Waals surface area contributed by atoms with Gasteiger partial charge >= 0.3 is 18.4 Å². The van der Waals surface area contributed by atoms with Crippen LogP contribution in [0.25, 0.3) is 11.1 Å². The van der Waals surface area contributed by atoms with Crippen LogP contribution in [0, 0.1) is 11.6 Å². The fourth-order valence-corrected chi connectivity index (χ4v) is 5.83. The molecule has 3 aromatic carbocycles. The fraction of sp³-hybridized carbons (Fsp3) is 0.259. The molecule has 1 aliphatic rings. The van der Waals surface area contributed by atoms with Crippen LogP contribution < -0.4 is 20.8 Å². The van der Waals surface area contributed by atoms with Crippen LogP contribution in [-0.2, 0) is 21.7 Å². The third kappa shape index (κ3) is 6.28. The zero-order chi connectivity index (χ0) is 31.2. The highest BCUT2D eigenvalue weighted by atomic mass is 31.2. The first-order valence-corrected chi connectivity index (χ1v) is 14.8. The first-order valence-electron chi connectivity index (χ1n) is 12.2. The molecule has 1 saturated heterocycles. The lowest BCUT2D eigenvalue weighted by atomic mass is 9.97. The van der Waals surface area contributed by atoms with Crippen molar-refractivity contribution in [3.8, 4) is 11.1 Å². The van der Waals surface area contributed by atoms with E-state index < -0.39 is 77.2 Å². The van der Waals surface area contributed by atoms with Gasteiger partial charge in [-0.1, -0.05) is 30.3 Å². The topological polar surface area (TPSA) is 78.5 Å². The minimum Gasteiger partial charge on any atom is -0.326 e. The maximum atomic E-state index is 15.6. The highest BCUT2D eigenvalue weighted by Crippen LogP contribution is 2.45. The Labute approximate surface area is 234 Å². The van der Waals surface area contributed by atoms with Gasteiger partial charge in [0.1, 0.15) is 24.6 Å². The van der Waals surface area contributed by atoms with Crippen molar-refractivity contribution < 1.29 is 49.3 Å². The average Bonchev–Trinajstić information content (AvgIpc) is 3.22. The van der Waals surface area contributed by atoms with E-state index in [1.54, 1.807) is 0 Å². The Bertz CT molecular complexity index is 1600. The molecule has 4 rings (SSSR count). The number of halogens is 8. The molecule has 1 heterocycles. The first kappa shape index (κ1) is 31.0. The summed E-state index contributed by atoms with van der Waals surface area (Å²) < 4.78 is 123. The normalized spacial score (nSPS) is 16.1. The highest BCUT2D eigenvalue weighted by Gasteiger charge is 2.42. The number of hydrogen-bond donors (Lipinski definition) is 2. The lowest BCUT2D eigenvalue weighted by Crippen LogP contribution is -2.43. The molecule has 6 nitrogen and oxygen atoms in total. The van der Waals surface area contributed by atoms with Gasteiger partial charge in [-0.05, 0) is 55.1 Å². The lowest BCUT2D eigenvalue weighted by molar-refractivity contribution is -0.139. The molecule has 0 aromatic heterocycles. The standard InChI is InChI=1S/C27H22F8N3O3P/c1-42(2,41)21-6-4-3-5-15(21)16-8-10-20(23(29)22(16)27(33,34)35)38-12-11-19(24(38)39)37-25(40)36-18-9-7-14(13-17(18)28)26(30,31)32/h3-10,13,19H,11-12H2,1-2H3,(H2,36,37,40)/t19-/m1/s1. The number of carbonyl (C=O) groups is 2. The molecule has 0 bridgehead atoms. The molecule has 1 fully saturated rings. The van der Waals surface area contributed by atoms with Crippen molar-refractivity contribution in [1.82, 2.24) is 5.32 Å². The number of anilines is 2. The lowest BCUT2D eigenvalue weighted by Gasteiger charge is -2.23. The third-order valence-electron chi connectivity index (χ3n) is 6.53. The summed E-state index contributed by atoms with van der Waals surface area (Å²) in [5.74, 6) is -4.11. The Morgan fingerprint density at radius 2 is 1.60 bits per heavy atom. The van der Waals surface area contributed by atoms with E-state index in [9.17, 15) is 44.9 Å². The van der Waals surface area contributed by atoms with Crippen molar-refractivity contribution >= 4 is 35.8 Å².